The molecule has 0 saturated heterocycles. The second-order valence-electron chi connectivity index (χ2n) is 5.57. The van der Waals surface area contributed by atoms with Crippen LogP contribution in [0, 0.1) is 0 Å². The van der Waals surface area contributed by atoms with E-state index in [9.17, 15) is 9.59 Å². The highest BCUT2D eigenvalue weighted by Crippen LogP contribution is 2.16. The normalized spacial score (nSPS) is 12.0. The molecule has 1 unspecified atom stereocenters. The minimum atomic E-state index is -0.564. The number of carbonyl (C=O) groups is 2. The lowest BCUT2D eigenvalue weighted by Crippen LogP contribution is -2.39. The standard InChI is InChI=1S/C18H27NO4/c1-5-11-19-16(12-17(20)22-6-2)18(21)14-7-9-15(10-8-14)23-13(3)4/h7-10,13,16,19H,5-6,11-12H2,1-4H3. The Hall–Kier alpha value is -1.88. The maximum Gasteiger partial charge on any atom is 0.307 e. The van der Waals surface area contributed by atoms with E-state index in [4.69, 9.17) is 9.47 Å². The lowest BCUT2D eigenvalue weighted by atomic mass is 10.0. The molecule has 1 aromatic rings. The van der Waals surface area contributed by atoms with Crippen molar-refractivity contribution in [2.75, 3.05) is 13.2 Å². The fraction of sp³-hybridized carbons (Fsp3) is 0.556. The molecule has 1 rings (SSSR count). The summed E-state index contributed by atoms with van der Waals surface area (Å²) in [5.74, 6) is 0.247. The fourth-order valence-electron chi connectivity index (χ4n) is 2.13. The van der Waals surface area contributed by atoms with Gasteiger partial charge in [0, 0.05) is 5.56 Å². The molecular formula is C18H27NO4. The van der Waals surface area contributed by atoms with E-state index in [2.05, 4.69) is 5.32 Å². The van der Waals surface area contributed by atoms with Crippen molar-refractivity contribution in [1.29, 1.82) is 0 Å². The van der Waals surface area contributed by atoms with Crippen LogP contribution in [0.4, 0.5) is 0 Å². The molecule has 1 N–H and O–H groups in total. The Balaban J connectivity index is 2.79. The van der Waals surface area contributed by atoms with Crippen molar-refractivity contribution in [3.05, 3.63) is 29.8 Å². The summed E-state index contributed by atoms with van der Waals surface area (Å²) in [6.07, 6.45) is 1.00. The van der Waals surface area contributed by atoms with Crippen molar-refractivity contribution in [2.45, 2.75) is 52.7 Å². The highest BCUT2D eigenvalue weighted by molar-refractivity contribution is 6.01. The molecule has 0 spiro atoms. The number of hydrogen-bond donors (Lipinski definition) is 1. The lowest BCUT2D eigenvalue weighted by Gasteiger charge is -2.17. The van der Waals surface area contributed by atoms with Gasteiger partial charge in [0.25, 0.3) is 0 Å². The van der Waals surface area contributed by atoms with Gasteiger partial charge < -0.3 is 14.8 Å². The number of nitrogens with one attached hydrogen (secondary N) is 1. The number of ether oxygens (including phenoxy) is 2. The molecule has 0 aliphatic carbocycles. The van der Waals surface area contributed by atoms with Gasteiger partial charge in [-0.3, -0.25) is 9.59 Å². The van der Waals surface area contributed by atoms with Gasteiger partial charge in [-0.2, -0.15) is 0 Å². The molecule has 0 aliphatic rings. The Labute approximate surface area is 138 Å². The second-order valence-corrected chi connectivity index (χ2v) is 5.57. The van der Waals surface area contributed by atoms with Crippen LogP contribution in [-0.4, -0.2) is 37.0 Å². The maximum atomic E-state index is 12.6. The van der Waals surface area contributed by atoms with Crippen LogP contribution in [0.2, 0.25) is 0 Å². The Morgan fingerprint density at radius 1 is 1.13 bits per heavy atom. The van der Waals surface area contributed by atoms with Crippen molar-refractivity contribution in [3.8, 4) is 5.75 Å². The van der Waals surface area contributed by atoms with Crippen molar-refractivity contribution in [1.82, 2.24) is 5.32 Å². The Kier molecular flexibility index (Phi) is 8.33. The topological polar surface area (TPSA) is 64.6 Å². The first-order chi connectivity index (χ1) is 11.0. The van der Waals surface area contributed by atoms with Gasteiger partial charge >= 0.3 is 5.97 Å². The molecule has 0 fully saturated rings. The molecule has 0 heterocycles. The van der Waals surface area contributed by atoms with Crippen LogP contribution in [0.5, 0.6) is 5.75 Å². The SMILES string of the molecule is CCCNC(CC(=O)OCC)C(=O)c1ccc(OC(C)C)cc1. The molecule has 0 amide bonds. The van der Waals surface area contributed by atoms with Crippen LogP contribution in [-0.2, 0) is 9.53 Å². The average molecular weight is 321 g/mol. The smallest absolute Gasteiger partial charge is 0.307 e. The Morgan fingerprint density at radius 2 is 1.78 bits per heavy atom. The Morgan fingerprint density at radius 3 is 2.30 bits per heavy atom. The van der Waals surface area contributed by atoms with Gasteiger partial charge in [-0.15, -0.1) is 0 Å². The molecule has 5 nitrogen and oxygen atoms in total. The first kappa shape index (κ1) is 19.2. The van der Waals surface area contributed by atoms with Gasteiger partial charge in [0.2, 0.25) is 0 Å². The van der Waals surface area contributed by atoms with E-state index in [0.29, 0.717) is 18.7 Å². The molecule has 1 aromatic carbocycles. The third-order valence-electron chi connectivity index (χ3n) is 3.14. The summed E-state index contributed by atoms with van der Waals surface area (Å²) in [5.41, 5.74) is 0.555. The molecule has 128 valence electrons. The van der Waals surface area contributed by atoms with E-state index in [1.165, 1.54) is 0 Å². The lowest BCUT2D eigenvalue weighted by molar-refractivity contribution is -0.143. The second kappa shape index (κ2) is 10.0. The zero-order chi connectivity index (χ0) is 17.2. The fourth-order valence-corrected chi connectivity index (χ4v) is 2.13. The number of rotatable bonds is 10. The first-order valence-electron chi connectivity index (χ1n) is 8.17. The van der Waals surface area contributed by atoms with Crippen molar-refractivity contribution in [2.24, 2.45) is 0 Å². The van der Waals surface area contributed by atoms with Crippen LogP contribution in [0.25, 0.3) is 0 Å². The highest BCUT2D eigenvalue weighted by Gasteiger charge is 2.23. The van der Waals surface area contributed by atoms with Crippen LogP contribution in [0.15, 0.2) is 24.3 Å². The van der Waals surface area contributed by atoms with E-state index in [1.807, 2.05) is 20.8 Å². The van der Waals surface area contributed by atoms with Crippen molar-refractivity contribution >= 4 is 11.8 Å². The molecule has 0 aliphatic heterocycles. The van der Waals surface area contributed by atoms with Gasteiger partial charge in [-0.05, 0) is 58.0 Å². The van der Waals surface area contributed by atoms with Gasteiger partial charge in [0.15, 0.2) is 5.78 Å². The zero-order valence-electron chi connectivity index (χ0n) is 14.4. The van der Waals surface area contributed by atoms with Crippen molar-refractivity contribution in [3.63, 3.8) is 0 Å². The molecule has 0 aromatic heterocycles. The number of ketones is 1. The summed E-state index contributed by atoms with van der Waals surface area (Å²) >= 11 is 0. The van der Waals surface area contributed by atoms with E-state index < -0.39 is 6.04 Å². The summed E-state index contributed by atoms with van der Waals surface area (Å²) in [5, 5.41) is 3.12. The van der Waals surface area contributed by atoms with Crippen LogP contribution in [0.3, 0.4) is 0 Å². The minimum absolute atomic E-state index is 0.0386. The van der Waals surface area contributed by atoms with E-state index in [-0.39, 0.29) is 24.3 Å². The molecule has 0 bridgehead atoms. The van der Waals surface area contributed by atoms with Gasteiger partial charge in [0.05, 0.1) is 25.2 Å². The van der Waals surface area contributed by atoms with Crippen LogP contribution < -0.4 is 10.1 Å². The minimum Gasteiger partial charge on any atom is -0.491 e. The predicted octanol–water partition coefficient (Wildman–Crippen LogP) is 2.98. The highest BCUT2D eigenvalue weighted by atomic mass is 16.5. The summed E-state index contributed by atoms with van der Waals surface area (Å²) in [6, 6.07) is 6.44. The van der Waals surface area contributed by atoms with Crippen LogP contribution in [0.1, 0.15) is 50.9 Å². The summed E-state index contributed by atoms with van der Waals surface area (Å²) < 4.78 is 10.5. The number of carbonyl (C=O) groups excluding carboxylic acids is 2. The van der Waals surface area contributed by atoms with Gasteiger partial charge in [0.1, 0.15) is 5.75 Å². The number of esters is 1. The largest absolute Gasteiger partial charge is 0.491 e. The first-order valence-corrected chi connectivity index (χ1v) is 8.17. The molecule has 5 heteroatoms. The van der Waals surface area contributed by atoms with E-state index in [0.717, 1.165) is 12.2 Å². The number of benzene rings is 1. The quantitative estimate of drug-likeness (QED) is 0.530. The Bertz CT molecular complexity index is 496. The monoisotopic (exact) mass is 321 g/mol. The molecular weight excluding hydrogens is 294 g/mol. The molecule has 0 saturated carbocycles. The maximum absolute atomic E-state index is 12.6. The zero-order valence-corrected chi connectivity index (χ0v) is 14.4. The third-order valence-corrected chi connectivity index (χ3v) is 3.14. The van der Waals surface area contributed by atoms with Crippen molar-refractivity contribution < 1.29 is 19.1 Å². The van der Waals surface area contributed by atoms with Gasteiger partial charge in [-0.1, -0.05) is 6.92 Å². The van der Waals surface area contributed by atoms with E-state index in [1.54, 1.807) is 31.2 Å². The molecule has 23 heavy (non-hydrogen) atoms. The molecule has 1 atom stereocenters. The third kappa shape index (κ3) is 6.82. The number of Topliss-reactive ketones (excluding diaryl/α,β-unsaturated/α-hetero) is 1. The summed E-state index contributed by atoms with van der Waals surface area (Å²) in [6.45, 7) is 8.64. The summed E-state index contributed by atoms with van der Waals surface area (Å²) in [4.78, 5) is 24.3. The average Bonchev–Trinajstić information content (AvgIpc) is 2.51. The molecule has 0 radical (unpaired) electrons. The van der Waals surface area contributed by atoms with Gasteiger partial charge in [-0.25, -0.2) is 0 Å². The number of hydrogen-bond acceptors (Lipinski definition) is 5. The predicted molar refractivity (Wildman–Crippen MR) is 89.9 cm³/mol. The van der Waals surface area contributed by atoms with Crippen LogP contribution >= 0.6 is 0 Å². The van der Waals surface area contributed by atoms with E-state index >= 15 is 0 Å². The summed E-state index contributed by atoms with van der Waals surface area (Å²) in [7, 11) is 0.